The SMILES string of the molecule is [2H]c1c([2H])c([2H])c(-c2c([2H])c([2H])c(-c3c4c([2H])c([2H])c([2H])c([2H])c4c(-c4c([2H])c([2H])c(-c5c([2H])c([2H])c6c(oc7c([2H])c([2H])c8oc9c([2H])c([2H])c([2H])c([2H])c9c8c76)c5[2H])c5c([2H])c([2H])c([2H])c([2H])c45)c4c([2H])c([2H])c([2H])c([2H])c34)c([2H])c2[2H])c([2H])c1[2H]. The molecule has 0 unspecified atom stereocenters. The number of rotatable bonds is 4. The van der Waals surface area contributed by atoms with Gasteiger partial charge in [-0.15, -0.1) is 0 Å². The van der Waals surface area contributed by atoms with Crippen molar-refractivity contribution >= 4 is 76.2 Å². The van der Waals surface area contributed by atoms with Crippen LogP contribution in [0.2, 0.25) is 0 Å². The summed E-state index contributed by atoms with van der Waals surface area (Å²) >= 11 is 0. The van der Waals surface area contributed by atoms with Crippen molar-refractivity contribution in [2.45, 2.75) is 0 Å². The highest BCUT2D eigenvalue weighted by Gasteiger charge is 2.20. The van der Waals surface area contributed by atoms with E-state index in [4.69, 9.17) is 32.1 Å². The summed E-state index contributed by atoms with van der Waals surface area (Å²) in [5, 5.41) is -6.36. The lowest BCUT2D eigenvalue weighted by Crippen LogP contribution is -1.92. The molecule has 260 valence electrons. The molecule has 2 heteroatoms. The summed E-state index contributed by atoms with van der Waals surface area (Å²) in [6.07, 6.45) is 0. The van der Waals surface area contributed by atoms with Crippen LogP contribution in [0.25, 0.3) is 121 Å². The molecule has 0 saturated carbocycles. The molecule has 12 rings (SSSR count). The van der Waals surface area contributed by atoms with E-state index in [1.165, 1.54) is 0 Å². The standard InChI is InChI=1S/C54H32O2/c1-2-12-33(13-3-1)34-22-24-35(25-23-34)51-40-16-6-8-18-42(40)52(43-19-9-7-17-41(43)51)44-29-28-37(38-14-4-5-15-39(38)44)36-26-27-46-50(32-36)56-49-31-30-48-53(54(46)49)45-20-10-11-21-47(45)55-48/h1-32H/i1D,2D,3D,4D,5D,6D,7D,8D,9D,10D,11D,12D,13D,14D,15D,16D,17D,18D,19D,20D,21D,22D,23D,24D,25D,26D,27D,28D,29D,30D,31D,32D. The van der Waals surface area contributed by atoms with Gasteiger partial charge in [-0.2, -0.15) is 0 Å². The number of fused-ring (bicyclic) bond motifs is 10. The lowest BCUT2D eigenvalue weighted by atomic mass is 9.83. The maximum atomic E-state index is 10.0. The first kappa shape index (κ1) is 13.1. The number of hydrogen-bond donors (Lipinski definition) is 0. The van der Waals surface area contributed by atoms with Gasteiger partial charge in [0, 0.05) is 21.5 Å². The average Bonchev–Trinajstić information content (AvgIpc) is 1.04. The second-order valence-corrected chi connectivity index (χ2v) is 12.3. The van der Waals surface area contributed by atoms with Crippen molar-refractivity contribution < 1.29 is 52.7 Å². The summed E-state index contributed by atoms with van der Waals surface area (Å²) in [5.41, 5.74) is -8.85. The van der Waals surface area contributed by atoms with Gasteiger partial charge in [-0.25, -0.2) is 0 Å². The van der Waals surface area contributed by atoms with E-state index in [1.807, 2.05) is 0 Å². The van der Waals surface area contributed by atoms with Gasteiger partial charge in [0.2, 0.25) is 0 Å². The largest absolute Gasteiger partial charge is 0.456 e. The summed E-state index contributed by atoms with van der Waals surface area (Å²) in [4.78, 5) is 0. The van der Waals surface area contributed by atoms with Gasteiger partial charge < -0.3 is 8.83 Å². The second kappa shape index (κ2) is 12.0. The van der Waals surface area contributed by atoms with Gasteiger partial charge >= 0.3 is 0 Å². The molecule has 0 atom stereocenters. The van der Waals surface area contributed by atoms with Crippen molar-refractivity contribution in [1.82, 2.24) is 0 Å². The lowest BCUT2D eigenvalue weighted by Gasteiger charge is -2.20. The Balaban J connectivity index is 1.29. The zero-order valence-corrected chi connectivity index (χ0v) is 27.8. The molecule has 0 spiro atoms. The first-order valence-electron chi connectivity index (χ1n) is 32.6. The third-order valence-electron chi connectivity index (χ3n) is 9.33. The Morgan fingerprint density at radius 3 is 1.38 bits per heavy atom. The smallest absolute Gasteiger partial charge is 0.136 e. The second-order valence-electron chi connectivity index (χ2n) is 12.3. The van der Waals surface area contributed by atoms with Crippen molar-refractivity contribution in [2.24, 2.45) is 0 Å². The van der Waals surface area contributed by atoms with Gasteiger partial charge in [-0.05, 0) is 107 Å². The topological polar surface area (TPSA) is 26.3 Å². The summed E-state index contributed by atoms with van der Waals surface area (Å²) in [5.74, 6) is 0. The Labute approximate surface area is 367 Å². The fourth-order valence-corrected chi connectivity index (χ4v) is 7.00. The molecule has 2 heterocycles. The fourth-order valence-electron chi connectivity index (χ4n) is 7.00. The van der Waals surface area contributed by atoms with Crippen LogP contribution < -0.4 is 0 Å². The van der Waals surface area contributed by atoms with Crippen LogP contribution in [0.5, 0.6) is 0 Å². The first-order valence-corrected chi connectivity index (χ1v) is 16.6. The molecule has 0 aliphatic heterocycles. The lowest BCUT2D eigenvalue weighted by molar-refractivity contribution is 0.663. The number of para-hydroxylation sites is 1. The van der Waals surface area contributed by atoms with E-state index >= 15 is 0 Å². The molecule has 0 radical (unpaired) electrons. The van der Waals surface area contributed by atoms with Crippen LogP contribution in [-0.4, -0.2) is 0 Å². The Morgan fingerprint density at radius 1 is 0.268 bits per heavy atom. The number of furan rings is 2. The summed E-state index contributed by atoms with van der Waals surface area (Å²) in [6.45, 7) is 0. The molecule has 0 fully saturated rings. The zero-order valence-electron chi connectivity index (χ0n) is 59.8. The normalized spacial score (nSPS) is 19.9. The van der Waals surface area contributed by atoms with Crippen molar-refractivity contribution in [2.75, 3.05) is 0 Å². The average molecular weight is 745 g/mol. The maximum Gasteiger partial charge on any atom is 0.136 e. The van der Waals surface area contributed by atoms with Crippen LogP contribution in [-0.2, 0) is 0 Å². The van der Waals surface area contributed by atoms with Gasteiger partial charge in [0.05, 0.1) is 43.9 Å². The molecular formula is C54H32O2. The van der Waals surface area contributed by atoms with Crippen LogP contribution >= 0.6 is 0 Å². The molecule has 10 aromatic carbocycles. The molecule has 2 aromatic heterocycles. The number of benzene rings is 10. The van der Waals surface area contributed by atoms with Crippen LogP contribution in [0.15, 0.2) is 202 Å². The van der Waals surface area contributed by atoms with Crippen molar-refractivity contribution in [3.8, 4) is 44.5 Å². The van der Waals surface area contributed by atoms with Crippen molar-refractivity contribution in [3.05, 3.63) is 193 Å². The van der Waals surface area contributed by atoms with E-state index in [0.717, 1.165) is 0 Å². The number of hydrogen-bond acceptors (Lipinski definition) is 2. The first-order chi connectivity index (χ1) is 41.1. The Hall–Kier alpha value is -7.42. The minimum Gasteiger partial charge on any atom is -0.456 e. The van der Waals surface area contributed by atoms with Crippen molar-refractivity contribution in [1.29, 1.82) is 0 Å². The third kappa shape index (κ3) is 4.57. The quantitative estimate of drug-likeness (QED) is 0.168. The molecule has 0 saturated heterocycles. The highest BCUT2D eigenvalue weighted by Crippen LogP contribution is 2.47. The zero-order chi connectivity index (χ0) is 64.6. The van der Waals surface area contributed by atoms with Gasteiger partial charge in [-0.3, -0.25) is 0 Å². The van der Waals surface area contributed by atoms with Gasteiger partial charge in [0.1, 0.15) is 22.3 Å². The van der Waals surface area contributed by atoms with Crippen LogP contribution in [0.1, 0.15) is 43.9 Å². The monoisotopic (exact) mass is 744 g/mol. The van der Waals surface area contributed by atoms with E-state index < -0.39 is 298 Å². The maximum absolute atomic E-state index is 10.0. The molecule has 56 heavy (non-hydrogen) atoms. The molecule has 0 N–H and O–H groups in total. The van der Waals surface area contributed by atoms with E-state index in [-0.39, 0.29) is 16.2 Å². The summed E-state index contributed by atoms with van der Waals surface area (Å²) in [6, 6.07) is -31.2. The predicted octanol–water partition coefficient (Wildman–Crippen LogP) is 15.6. The van der Waals surface area contributed by atoms with Gasteiger partial charge in [-0.1, -0.05) is 163 Å². The Bertz CT molecular complexity index is 5270. The Morgan fingerprint density at radius 2 is 0.714 bits per heavy atom. The van der Waals surface area contributed by atoms with E-state index in [1.54, 1.807) is 0 Å². The molecule has 0 aliphatic rings. The van der Waals surface area contributed by atoms with Crippen LogP contribution in [0.3, 0.4) is 0 Å². The Kier molecular flexibility index (Phi) is 2.82. The van der Waals surface area contributed by atoms with Gasteiger partial charge in [0.15, 0.2) is 0 Å². The summed E-state index contributed by atoms with van der Waals surface area (Å²) < 4.78 is 303. The molecular weight excluding hydrogens is 681 g/mol. The minimum absolute atomic E-state index is 0.264. The highest BCUT2D eigenvalue weighted by atomic mass is 16.3. The molecule has 0 amide bonds. The molecule has 2 nitrogen and oxygen atoms in total. The van der Waals surface area contributed by atoms with Crippen LogP contribution in [0, 0.1) is 0 Å². The van der Waals surface area contributed by atoms with E-state index in [2.05, 4.69) is 0 Å². The van der Waals surface area contributed by atoms with E-state index in [9.17, 15) is 20.6 Å². The fraction of sp³-hybridized carbons (Fsp3) is 0. The minimum atomic E-state index is -1.17. The third-order valence-corrected chi connectivity index (χ3v) is 9.33. The highest BCUT2D eigenvalue weighted by molar-refractivity contribution is 6.27. The van der Waals surface area contributed by atoms with Gasteiger partial charge in [0.25, 0.3) is 0 Å². The molecule has 0 bridgehead atoms. The predicted molar refractivity (Wildman–Crippen MR) is 235 cm³/mol. The summed E-state index contributed by atoms with van der Waals surface area (Å²) in [7, 11) is 0. The molecule has 12 aromatic rings. The van der Waals surface area contributed by atoms with E-state index in [0.29, 0.717) is 0 Å². The van der Waals surface area contributed by atoms with Crippen LogP contribution in [0.4, 0.5) is 0 Å². The van der Waals surface area contributed by atoms with Crippen molar-refractivity contribution in [3.63, 3.8) is 0 Å². The molecule has 0 aliphatic carbocycles.